The molecule has 0 radical (unpaired) electrons. The van der Waals surface area contributed by atoms with Crippen LogP contribution in [-0.2, 0) is 9.47 Å². The molecule has 2 amide bonds. The number of urea groups is 1. The van der Waals surface area contributed by atoms with Gasteiger partial charge in [-0.3, -0.25) is 4.90 Å². The number of rotatable bonds is 6. The molecule has 2 heterocycles. The molecule has 4 atom stereocenters. The highest BCUT2D eigenvalue weighted by molar-refractivity contribution is 14.1. The van der Waals surface area contributed by atoms with Crippen LogP contribution in [0.3, 0.4) is 0 Å². The van der Waals surface area contributed by atoms with Crippen molar-refractivity contribution in [2.24, 2.45) is 10.1 Å². The van der Waals surface area contributed by atoms with Crippen molar-refractivity contribution in [1.29, 1.82) is 0 Å². The third-order valence-corrected chi connectivity index (χ3v) is 6.47. The van der Waals surface area contributed by atoms with Crippen LogP contribution in [0.2, 0.25) is 0 Å². The summed E-state index contributed by atoms with van der Waals surface area (Å²) in [4.78, 5) is 33.3. The maximum Gasteiger partial charge on any atom is 0.345 e. The van der Waals surface area contributed by atoms with E-state index in [-0.39, 0.29) is 14.3 Å². The Morgan fingerprint density at radius 3 is 2.77 bits per heavy atom. The third-order valence-electron chi connectivity index (χ3n) is 4.76. The molecular weight excluding hydrogens is 620 g/mol. The van der Waals surface area contributed by atoms with Gasteiger partial charge in [-0.25, -0.2) is 14.6 Å². The number of alkyl halides is 2. The number of halogens is 2. The first-order chi connectivity index (χ1) is 14.2. The van der Waals surface area contributed by atoms with Crippen molar-refractivity contribution >= 4 is 63.4 Å². The molecule has 1 saturated heterocycles. The van der Waals surface area contributed by atoms with Gasteiger partial charge in [0.1, 0.15) is 18.1 Å². The third kappa shape index (κ3) is 4.81. The van der Waals surface area contributed by atoms with E-state index in [0.717, 1.165) is 0 Å². The average molecular weight is 639 g/mol. The van der Waals surface area contributed by atoms with Crippen molar-refractivity contribution in [3.05, 3.63) is 40.3 Å². The molecule has 2 aliphatic rings. The van der Waals surface area contributed by atoms with Gasteiger partial charge in [0.25, 0.3) is 0 Å². The first-order valence-electron chi connectivity index (χ1n) is 8.93. The lowest BCUT2D eigenvalue weighted by Gasteiger charge is -2.35. The fourth-order valence-corrected chi connectivity index (χ4v) is 4.55. The van der Waals surface area contributed by atoms with Gasteiger partial charge in [-0.2, -0.15) is 0 Å². The molecule has 1 aromatic carbocycles. The van der Waals surface area contributed by atoms with Crippen LogP contribution in [0.25, 0.3) is 10.4 Å². The second-order valence-corrected chi connectivity index (χ2v) is 10.3. The number of carbonyl (C=O) groups is 2. The topological polar surface area (TPSA) is 126 Å². The minimum Gasteiger partial charge on any atom is -0.497 e. The monoisotopic (exact) mass is 639 g/mol. The SMILES string of the molecule is COc1ccc(C(=O)O[C@H]2C[C@H](N3CC(C)(I)C=NC3=O)O[C@@]2(CI)N=[N+]=[N-])cc1. The number of benzene rings is 1. The largest absolute Gasteiger partial charge is 0.497 e. The van der Waals surface area contributed by atoms with Crippen LogP contribution in [0.15, 0.2) is 34.4 Å². The van der Waals surface area contributed by atoms with Crippen LogP contribution in [-0.4, -0.2) is 62.7 Å². The van der Waals surface area contributed by atoms with Gasteiger partial charge in [0, 0.05) is 28.5 Å². The smallest absolute Gasteiger partial charge is 0.345 e. The number of azide groups is 1. The first kappa shape index (κ1) is 23.0. The maximum absolute atomic E-state index is 12.7. The standard InChI is InChI=1S/C18H19I2N5O5/c1-17(20)9-22-16(27)25(10-17)14-7-13(18(8-19,30-14)23-24-21)29-15(26)11-3-5-12(28-2)6-4-11/h3-6,9,13-14H,7-8,10H2,1-2H3/t13-,14+,17?,18+/m0/s1. The quantitative estimate of drug-likeness (QED) is 0.116. The molecule has 160 valence electrons. The average Bonchev–Trinajstić information content (AvgIpc) is 3.08. The van der Waals surface area contributed by atoms with Gasteiger partial charge in [0.15, 0.2) is 5.72 Å². The van der Waals surface area contributed by atoms with Crippen molar-refractivity contribution in [2.75, 3.05) is 18.1 Å². The Morgan fingerprint density at radius 1 is 1.47 bits per heavy atom. The van der Waals surface area contributed by atoms with Gasteiger partial charge in [-0.15, -0.1) is 0 Å². The van der Waals surface area contributed by atoms with Gasteiger partial charge in [0.05, 0.1) is 16.1 Å². The Kier molecular flexibility index (Phi) is 7.09. The molecule has 0 bridgehead atoms. The van der Waals surface area contributed by atoms with E-state index in [1.165, 1.54) is 12.0 Å². The van der Waals surface area contributed by atoms with Gasteiger partial charge in [-0.05, 0) is 36.7 Å². The number of methoxy groups -OCH3 is 1. The van der Waals surface area contributed by atoms with E-state index < -0.39 is 30.1 Å². The molecule has 0 saturated carbocycles. The summed E-state index contributed by atoms with van der Waals surface area (Å²) in [6, 6.07) is 6.01. The summed E-state index contributed by atoms with van der Waals surface area (Å²) < 4.78 is 16.7. The highest BCUT2D eigenvalue weighted by Crippen LogP contribution is 2.39. The minimum absolute atomic E-state index is 0.165. The Balaban J connectivity index is 1.84. The number of aliphatic imine (C=N–C) groups is 1. The molecule has 0 N–H and O–H groups in total. The molecule has 1 aromatic rings. The van der Waals surface area contributed by atoms with Crippen LogP contribution in [0.4, 0.5) is 4.79 Å². The number of hydrogen-bond acceptors (Lipinski definition) is 6. The molecule has 10 nitrogen and oxygen atoms in total. The zero-order chi connectivity index (χ0) is 21.9. The summed E-state index contributed by atoms with van der Waals surface area (Å²) >= 11 is 4.21. The number of esters is 1. The molecule has 12 heteroatoms. The Morgan fingerprint density at radius 2 is 2.17 bits per heavy atom. The molecule has 2 aliphatic heterocycles. The zero-order valence-electron chi connectivity index (χ0n) is 16.2. The van der Waals surface area contributed by atoms with Crippen molar-refractivity contribution in [1.82, 2.24) is 4.90 Å². The van der Waals surface area contributed by atoms with Gasteiger partial charge < -0.3 is 14.2 Å². The lowest BCUT2D eigenvalue weighted by molar-refractivity contribution is -0.0989. The van der Waals surface area contributed by atoms with Gasteiger partial charge in [0.2, 0.25) is 0 Å². The summed E-state index contributed by atoms with van der Waals surface area (Å²) in [5.74, 6) is 0.0218. The zero-order valence-corrected chi connectivity index (χ0v) is 20.5. The van der Waals surface area contributed by atoms with Crippen LogP contribution in [0.1, 0.15) is 23.7 Å². The predicted octanol–water partition coefficient (Wildman–Crippen LogP) is 4.11. The second kappa shape index (κ2) is 9.24. The molecule has 30 heavy (non-hydrogen) atoms. The highest BCUT2D eigenvalue weighted by Gasteiger charge is 2.53. The summed E-state index contributed by atoms with van der Waals surface area (Å²) in [6.07, 6.45) is 0.154. The van der Waals surface area contributed by atoms with E-state index in [1.807, 2.05) is 29.5 Å². The van der Waals surface area contributed by atoms with Crippen LogP contribution >= 0.6 is 45.2 Å². The van der Waals surface area contributed by atoms with Crippen molar-refractivity contribution in [3.63, 3.8) is 0 Å². The fourth-order valence-electron chi connectivity index (χ4n) is 3.22. The second-order valence-electron chi connectivity index (χ2n) is 7.05. The lowest BCUT2D eigenvalue weighted by atomic mass is 10.1. The van der Waals surface area contributed by atoms with E-state index >= 15 is 0 Å². The van der Waals surface area contributed by atoms with Crippen molar-refractivity contribution in [3.8, 4) is 5.75 Å². The van der Waals surface area contributed by atoms with E-state index in [1.54, 1.807) is 30.5 Å². The number of nitrogens with zero attached hydrogens (tertiary/aromatic N) is 5. The Hall–Kier alpha value is -1.64. The first-order valence-corrected chi connectivity index (χ1v) is 11.5. The van der Waals surface area contributed by atoms with Crippen LogP contribution < -0.4 is 4.74 Å². The Bertz CT molecular complexity index is 903. The van der Waals surface area contributed by atoms with Crippen LogP contribution in [0.5, 0.6) is 5.75 Å². The van der Waals surface area contributed by atoms with E-state index in [9.17, 15) is 9.59 Å². The number of hydrogen-bond donors (Lipinski definition) is 0. The van der Waals surface area contributed by atoms with Gasteiger partial charge in [-0.1, -0.05) is 50.3 Å². The van der Waals surface area contributed by atoms with Crippen molar-refractivity contribution in [2.45, 2.75) is 34.8 Å². The normalized spacial score (nSPS) is 30.7. The predicted molar refractivity (Wildman–Crippen MR) is 125 cm³/mol. The summed E-state index contributed by atoms with van der Waals surface area (Å²) in [7, 11) is 1.53. The Labute approximate surface area is 200 Å². The molecule has 1 unspecified atom stereocenters. The molecule has 0 spiro atoms. The summed E-state index contributed by atoms with van der Waals surface area (Å²) in [5.41, 5.74) is 7.99. The number of amides is 2. The minimum atomic E-state index is -1.43. The van der Waals surface area contributed by atoms with E-state index in [0.29, 0.717) is 17.9 Å². The molecule has 3 rings (SSSR count). The lowest BCUT2D eigenvalue weighted by Crippen LogP contribution is -2.50. The summed E-state index contributed by atoms with van der Waals surface area (Å²) in [6.45, 7) is 2.30. The highest BCUT2D eigenvalue weighted by atomic mass is 127. The fraction of sp³-hybridized carbons (Fsp3) is 0.500. The van der Waals surface area contributed by atoms with Crippen molar-refractivity contribution < 1.29 is 23.8 Å². The molecule has 0 aliphatic carbocycles. The molecular formula is C18H19I2N5O5. The van der Waals surface area contributed by atoms with Gasteiger partial charge >= 0.3 is 12.0 Å². The maximum atomic E-state index is 12.7. The molecule has 1 fully saturated rings. The summed E-state index contributed by atoms with van der Waals surface area (Å²) in [5, 5.41) is 3.81. The van der Waals surface area contributed by atoms with Crippen LogP contribution in [0, 0.1) is 0 Å². The van der Waals surface area contributed by atoms with E-state index in [4.69, 9.17) is 19.7 Å². The number of ether oxygens (including phenoxy) is 3. The number of carbonyl (C=O) groups excluding carboxylic acids is 2. The van der Waals surface area contributed by atoms with E-state index in [2.05, 4.69) is 37.6 Å². The molecule has 0 aromatic heterocycles.